The van der Waals surface area contributed by atoms with E-state index in [1.807, 2.05) is 0 Å². The van der Waals surface area contributed by atoms with Crippen molar-refractivity contribution in [2.45, 2.75) is 31.8 Å². The second-order valence-corrected chi connectivity index (χ2v) is 3.87. The van der Waals surface area contributed by atoms with Gasteiger partial charge in [-0.1, -0.05) is 0 Å². The highest BCUT2D eigenvalue weighted by atomic mass is 16.2. The molecule has 1 heterocycles. The van der Waals surface area contributed by atoms with Crippen LogP contribution in [0.4, 0.5) is 0 Å². The highest BCUT2D eigenvalue weighted by Crippen LogP contribution is 2.31. The van der Waals surface area contributed by atoms with Crippen molar-refractivity contribution in [3.8, 4) is 0 Å². The van der Waals surface area contributed by atoms with Crippen molar-refractivity contribution in [1.82, 2.24) is 10.6 Å². The molecule has 2 N–H and O–H groups in total. The van der Waals surface area contributed by atoms with Crippen molar-refractivity contribution < 1.29 is 9.59 Å². The summed E-state index contributed by atoms with van der Waals surface area (Å²) in [5, 5.41) is 5.75. The van der Waals surface area contributed by atoms with Crippen molar-refractivity contribution in [2.75, 3.05) is 6.54 Å². The van der Waals surface area contributed by atoms with Crippen molar-refractivity contribution in [3.05, 3.63) is 0 Å². The molecular weight excluding hydrogens is 168 g/mol. The Bertz CT molecular complexity index is 248. The molecule has 2 atom stereocenters. The monoisotopic (exact) mass is 182 g/mol. The normalized spacial score (nSPS) is 34.1. The number of carbonyl (C=O) groups excluding carboxylic acids is 2. The van der Waals surface area contributed by atoms with Gasteiger partial charge in [-0.25, -0.2) is 0 Å². The molecule has 1 amide bonds. The van der Waals surface area contributed by atoms with E-state index in [9.17, 15) is 9.59 Å². The molecule has 4 nitrogen and oxygen atoms in total. The summed E-state index contributed by atoms with van der Waals surface area (Å²) in [6.07, 6.45) is 2.00. The molecule has 1 aliphatic carbocycles. The lowest BCUT2D eigenvalue weighted by Crippen LogP contribution is -2.60. The van der Waals surface area contributed by atoms with Crippen LogP contribution in [0.2, 0.25) is 0 Å². The van der Waals surface area contributed by atoms with E-state index in [2.05, 4.69) is 10.6 Å². The maximum Gasteiger partial charge on any atom is 0.237 e. The van der Waals surface area contributed by atoms with Gasteiger partial charge < -0.3 is 10.6 Å². The second-order valence-electron chi connectivity index (χ2n) is 3.87. The van der Waals surface area contributed by atoms with Gasteiger partial charge in [0, 0.05) is 12.5 Å². The zero-order valence-corrected chi connectivity index (χ0v) is 7.67. The number of hydrogen-bond donors (Lipinski definition) is 2. The molecule has 0 bridgehead atoms. The highest BCUT2D eigenvalue weighted by molar-refractivity contribution is 5.94. The Balaban J connectivity index is 1.94. The molecule has 1 saturated carbocycles. The number of Topliss-reactive ketones (excluding diaryl/α,β-unsaturated/α-hetero) is 1. The quantitative estimate of drug-likeness (QED) is 0.602. The van der Waals surface area contributed by atoms with Crippen LogP contribution in [-0.2, 0) is 9.59 Å². The predicted molar refractivity (Wildman–Crippen MR) is 47.1 cm³/mol. The summed E-state index contributed by atoms with van der Waals surface area (Å²) < 4.78 is 0. The molecule has 2 aliphatic rings. The molecule has 4 heteroatoms. The minimum atomic E-state index is -0.281. The summed E-state index contributed by atoms with van der Waals surface area (Å²) >= 11 is 0. The molecule has 72 valence electrons. The van der Waals surface area contributed by atoms with Crippen LogP contribution in [0.15, 0.2) is 0 Å². The van der Waals surface area contributed by atoms with Crippen LogP contribution < -0.4 is 10.6 Å². The molecule has 0 spiro atoms. The van der Waals surface area contributed by atoms with E-state index in [0.29, 0.717) is 6.54 Å². The van der Waals surface area contributed by atoms with Crippen molar-refractivity contribution >= 4 is 11.7 Å². The number of carbonyl (C=O) groups is 2. The third kappa shape index (κ3) is 1.72. The van der Waals surface area contributed by atoms with Crippen LogP contribution in [0.5, 0.6) is 0 Å². The van der Waals surface area contributed by atoms with E-state index in [4.69, 9.17) is 0 Å². The third-order valence-electron chi connectivity index (χ3n) is 2.66. The van der Waals surface area contributed by atoms with Crippen LogP contribution in [-0.4, -0.2) is 30.3 Å². The third-order valence-corrected chi connectivity index (χ3v) is 2.66. The summed E-state index contributed by atoms with van der Waals surface area (Å²) in [4.78, 5) is 22.8. The summed E-state index contributed by atoms with van der Waals surface area (Å²) in [6, 6.07) is -0.445. The molecule has 2 fully saturated rings. The number of nitrogens with one attached hydrogen (secondary N) is 2. The fraction of sp³-hybridized carbons (Fsp3) is 0.778. The summed E-state index contributed by atoms with van der Waals surface area (Å²) in [5.41, 5.74) is 0. The lowest BCUT2D eigenvalue weighted by molar-refractivity contribution is -0.131. The Hall–Kier alpha value is -0.900. The van der Waals surface area contributed by atoms with Gasteiger partial charge in [-0.15, -0.1) is 0 Å². The minimum absolute atomic E-state index is 0.0646. The van der Waals surface area contributed by atoms with Crippen LogP contribution in [0.3, 0.4) is 0 Å². The SMILES string of the molecule is C[C@@H]1NC[C@H](C(=O)C2CC2)NC1=O. The van der Waals surface area contributed by atoms with Gasteiger partial charge in [-0.3, -0.25) is 9.59 Å². The van der Waals surface area contributed by atoms with Gasteiger partial charge in [0.25, 0.3) is 0 Å². The second kappa shape index (κ2) is 3.10. The zero-order chi connectivity index (χ0) is 9.42. The zero-order valence-electron chi connectivity index (χ0n) is 7.67. The van der Waals surface area contributed by atoms with E-state index >= 15 is 0 Å². The Morgan fingerprint density at radius 2 is 2.15 bits per heavy atom. The average molecular weight is 182 g/mol. The smallest absolute Gasteiger partial charge is 0.237 e. The molecule has 1 aliphatic heterocycles. The predicted octanol–water partition coefficient (Wildman–Crippen LogP) is -0.558. The van der Waals surface area contributed by atoms with Crippen molar-refractivity contribution in [3.63, 3.8) is 0 Å². The van der Waals surface area contributed by atoms with Crippen LogP contribution in [0.25, 0.3) is 0 Å². The maximum atomic E-state index is 11.6. The van der Waals surface area contributed by atoms with Gasteiger partial charge in [0.05, 0.1) is 6.04 Å². The number of ketones is 1. The summed E-state index contributed by atoms with van der Waals surface area (Å²) in [5.74, 6) is 0.360. The van der Waals surface area contributed by atoms with E-state index in [1.165, 1.54) is 0 Å². The van der Waals surface area contributed by atoms with Crippen molar-refractivity contribution in [2.24, 2.45) is 5.92 Å². The fourth-order valence-electron chi connectivity index (χ4n) is 1.56. The largest absolute Gasteiger partial charge is 0.344 e. The molecule has 0 aromatic heterocycles. The molecule has 13 heavy (non-hydrogen) atoms. The van der Waals surface area contributed by atoms with Gasteiger partial charge in [0.1, 0.15) is 6.04 Å². The molecule has 2 rings (SSSR count). The van der Waals surface area contributed by atoms with Crippen LogP contribution >= 0.6 is 0 Å². The maximum absolute atomic E-state index is 11.6. The van der Waals surface area contributed by atoms with E-state index < -0.39 is 0 Å². The Morgan fingerprint density at radius 1 is 1.46 bits per heavy atom. The van der Waals surface area contributed by atoms with Crippen LogP contribution in [0.1, 0.15) is 19.8 Å². The number of piperazine rings is 1. The van der Waals surface area contributed by atoms with Crippen LogP contribution in [0, 0.1) is 5.92 Å². The van der Waals surface area contributed by atoms with Gasteiger partial charge in [0.2, 0.25) is 5.91 Å². The first-order valence-electron chi connectivity index (χ1n) is 4.76. The van der Waals surface area contributed by atoms with Gasteiger partial charge in [-0.2, -0.15) is 0 Å². The van der Waals surface area contributed by atoms with E-state index in [1.54, 1.807) is 6.92 Å². The first kappa shape index (κ1) is 8.69. The number of hydrogen-bond acceptors (Lipinski definition) is 3. The summed E-state index contributed by atoms with van der Waals surface area (Å²) in [6.45, 7) is 2.38. The van der Waals surface area contributed by atoms with Gasteiger partial charge in [0.15, 0.2) is 5.78 Å². The van der Waals surface area contributed by atoms with Gasteiger partial charge in [-0.05, 0) is 19.8 Å². The Kier molecular flexibility index (Phi) is 2.07. The highest BCUT2D eigenvalue weighted by Gasteiger charge is 2.37. The number of rotatable bonds is 2. The first-order valence-corrected chi connectivity index (χ1v) is 4.76. The Morgan fingerprint density at radius 3 is 2.69 bits per heavy atom. The molecule has 0 aromatic rings. The van der Waals surface area contributed by atoms with Crippen molar-refractivity contribution in [1.29, 1.82) is 0 Å². The lowest BCUT2D eigenvalue weighted by atomic mass is 10.1. The molecule has 0 unspecified atom stereocenters. The minimum Gasteiger partial charge on any atom is -0.344 e. The molecule has 0 aromatic carbocycles. The number of amides is 1. The Labute approximate surface area is 77.1 Å². The molecule has 1 saturated heterocycles. The fourth-order valence-corrected chi connectivity index (χ4v) is 1.56. The van der Waals surface area contributed by atoms with E-state index in [0.717, 1.165) is 12.8 Å². The topological polar surface area (TPSA) is 58.2 Å². The molecular formula is C9H14N2O2. The summed E-state index contributed by atoms with van der Waals surface area (Å²) in [7, 11) is 0. The van der Waals surface area contributed by atoms with E-state index in [-0.39, 0.29) is 29.7 Å². The first-order chi connectivity index (χ1) is 6.18. The lowest BCUT2D eigenvalue weighted by Gasteiger charge is -2.27. The van der Waals surface area contributed by atoms with Gasteiger partial charge >= 0.3 is 0 Å². The average Bonchev–Trinajstić information content (AvgIpc) is 2.91. The standard InChI is InChI=1S/C9H14N2O2/c1-5-9(13)11-7(4-10-5)8(12)6-2-3-6/h5-7,10H,2-4H2,1H3,(H,11,13)/t5-,7+/m0/s1. The molecule has 0 radical (unpaired) electrons.